The number of carbonyl (C=O) groups excluding carboxylic acids is 1. The molecule has 1 amide bonds. The lowest BCUT2D eigenvalue weighted by molar-refractivity contribution is 0.0228. The summed E-state index contributed by atoms with van der Waals surface area (Å²) in [5.74, 6) is -1.54. The third kappa shape index (κ3) is 4.26. The third-order valence-electron chi connectivity index (χ3n) is 2.73. The van der Waals surface area contributed by atoms with Crippen LogP contribution in [0.25, 0.3) is 0 Å². The molecule has 1 aromatic carbocycles. The van der Waals surface area contributed by atoms with Gasteiger partial charge in [-0.25, -0.2) is 17.9 Å². The van der Waals surface area contributed by atoms with Crippen LogP contribution in [0.4, 0.5) is 4.39 Å². The Morgan fingerprint density at radius 1 is 1.45 bits per heavy atom. The van der Waals surface area contributed by atoms with Crippen molar-refractivity contribution in [3.63, 3.8) is 0 Å². The van der Waals surface area contributed by atoms with Crippen molar-refractivity contribution in [2.24, 2.45) is 5.14 Å². The number of primary sulfonamides is 1. The fourth-order valence-electron chi connectivity index (χ4n) is 1.33. The monoisotopic (exact) mass is 304 g/mol. The molecule has 1 rings (SSSR count). The zero-order chi connectivity index (χ0) is 15.6. The molecule has 20 heavy (non-hydrogen) atoms. The van der Waals surface area contributed by atoms with Crippen LogP contribution >= 0.6 is 0 Å². The molecular formula is C12H17FN2O4S. The second-order valence-electron chi connectivity index (χ2n) is 4.84. The highest BCUT2D eigenvalue weighted by Crippen LogP contribution is 2.15. The number of halogens is 1. The summed E-state index contributed by atoms with van der Waals surface area (Å²) in [5, 5.41) is 7.44. The van der Waals surface area contributed by atoms with E-state index in [1.165, 1.54) is 13.2 Å². The molecule has 0 aliphatic heterocycles. The second kappa shape index (κ2) is 5.86. The number of sulfonamides is 1. The first kappa shape index (κ1) is 16.5. The summed E-state index contributed by atoms with van der Waals surface area (Å²) in [7, 11) is -2.71. The first-order valence-electron chi connectivity index (χ1n) is 5.72. The quantitative estimate of drug-likeness (QED) is 0.833. The highest BCUT2D eigenvalue weighted by atomic mass is 32.2. The van der Waals surface area contributed by atoms with Crippen molar-refractivity contribution < 1.29 is 22.3 Å². The lowest BCUT2D eigenvalue weighted by atomic mass is 10.1. The van der Waals surface area contributed by atoms with E-state index in [9.17, 15) is 17.6 Å². The summed E-state index contributed by atoms with van der Waals surface area (Å²) in [6, 6.07) is 2.97. The van der Waals surface area contributed by atoms with E-state index < -0.39 is 32.2 Å². The number of nitrogens with two attached hydrogens (primary N) is 1. The minimum absolute atomic E-state index is 0.00216. The Morgan fingerprint density at radius 3 is 2.55 bits per heavy atom. The summed E-state index contributed by atoms with van der Waals surface area (Å²) in [5.41, 5.74) is -0.569. The average Bonchev–Trinajstić information content (AvgIpc) is 2.35. The van der Waals surface area contributed by atoms with Gasteiger partial charge in [0.1, 0.15) is 10.7 Å². The number of ether oxygens (including phenoxy) is 1. The third-order valence-corrected chi connectivity index (χ3v) is 3.65. The second-order valence-corrected chi connectivity index (χ2v) is 6.37. The van der Waals surface area contributed by atoms with Crippen molar-refractivity contribution in [1.29, 1.82) is 0 Å². The molecule has 0 bridgehead atoms. The molecule has 8 heteroatoms. The van der Waals surface area contributed by atoms with Crippen molar-refractivity contribution in [1.82, 2.24) is 5.32 Å². The van der Waals surface area contributed by atoms with E-state index in [2.05, 4.69) is 5.32 Å². The summed E-state index contributed by atoms with van der Waals surface area (Å²) >= 11 is 0. The molecule has 0 spiro atoms. The summed E-state index contributed by atoms with van der Waals surface area (Å²) in [4.78, 5) is 11.2. The Balaban J connectivity index is 2.96. The van der Waals surface area contributed by atoms with E-state index in [0.29, 0.717) is 0 Å². The number of hydrogen-bond acceptors (Lipinski definition) is 4. The molecule has 0 fully saturated rings. The Kier molecular flexibility index (Phi) is 4.85. The van der Waals surface area contributed by atoms with Crippen LogP contribution in [0.5, 0.6) is 0 Å². The molecule has 112 valence electrons. The maximum atomic E-state index is 13.3. The molecule has 3 N–H and O–H groups in total. The highest BCUT2D eigenvalue weighted by molar-refractivity contribution is 7.89. The summed E-state index contributed by atoms with van der Waals surface area (Å²) in [6.45, 7) is 3.76. The Bertz CT molecular complexity index is 614. The van der Waals surface area contributed by atoms with E-state index in [1.54, 1.807) is 13.8 Å². The minimum Gasteiger partial charge on any atom is -0.377 e. The molecule has 0 atom stereocenters. The lowest BCUT2D eigenvalue weighted by Gasteiger charge is -2.23. The zero-order valence-corrected chi connectivity index (χ0v) is 12.3. The standard InChI is InChI=1S/C12H17FN2O4S/c1-12(2,19-3)7-15-11(16)8-4-5-9(13)10(6-8)20(14,17)18/h4-6H,7H2,1-3H3,(H,15,16)(H2,14,17,18). The topological polar surface area (TPSA) is 98.5 Å². The fraction of sp³-hybridized carbons (Fsp3) is 0.417. The van der Waals surface area contributed by atoms with Crippen molar-refractivity contribution in [2.45, 2.75) is 24.3 Å². The number of nitrogens with one attached hydrogen (secondary N) is 1. The molecule has 0 unspecified atom stereocenters. The van der Waals surface area contributed by atoms with E-state index in [4.69, 9.17) is 9.88 Å². The summed E-state index contributed by atoms with van der Waals surface area (Å²) in [6.07, 6.45) is 0. The molecule has 6 nitrogen and oxygen atoms in total. The molecule has 0 aliphatic rings. The molecule has 0 aliphatic carbocycles. The SMILES string of the molecule is COC(C)(C)CNC(=O)c1ccc(F)c(S(N)(=O)=O)c1. The minimum atomic E-state index is -4.22. The van der Waals surface area contributed by atoms with Crippen LogP contribution in [0.2, 0.25) is 0 Å². The largest absolute Gasteiger partial charge is 0.377 e. The van der Waals surface area contributed by atoms with Crippen LogP contribution in [-0.4, -0.2) is 33.6 Å². The Labute approximate surface area is 117 Å². The van der Waals surface area contributed by atoms with Crippen molar-refractivity contribution in [3.05, 3.63) is 29.6 Å². The highest BCUT2D eigenvalue weighted by Gasteiger charge is 2.20. The van der Waals surface area contributed by atoms with Gasteiger partial charge in [-0.1, -0.05) is 0 Å². The number of amides is 1. The zero-order valence-electron chi connectivity index (χ0n) is 11.4. The average molecular weight is 304 g/mol. The van der Waals surface area contributed by atoms with Gasteiger partial charge in [0, 0.05) is 19.2 Å². The van der Waals surface area contributed by atoms with Crippen molar-refractivity contribution in [2.75, 3.05) is 13.7 Å². The fourth-order valence-corrected chi connectivity index (χ4v) is 1.96. The van der Waals surface area contributed by atoms with Crippen molar-refractivity contribution >= 4 is 15.9 Å². The number of methoxy groups -OCH3 is 1. The van der Waals surface area contributed by atoms with E-state index in [1.807, 2.05) is 0 Å². The van der Waals surface area contributed by atoms with Gasteiger partial charge < -0.3 is 10.1 Å². The number of hydrogen-bond donors (Lipinski definition) is 2. The van der Waals surface area contributed by atoms with Gasteiger partial charge in [0.05, 0.1) is 5.60 Å². The summed E-state index contributed by atoms with van der Waals surface area (Å²) < 4.78 is 40.8. The van der Waals surface area contributed by atoms with E-state index >= 15 is 0 Å². The van der Waals surface area contributed by atoms with Gasteiger partial charge in [0.25, 0.3) is 5.91 Å². The molecular weight excluding hydrogens is 287 g/mol. The molecule has 1 aromatic rings. The van der Waals surface area contributed by atoms with Crippen LogP contribution < -0.4 is 10.5 Å². The molecule has 0 saturated heterocycles. The number of carbonyl (C=O) groups is 1. The first-order chi connectivity index (χ1) is 9.07. The van der Waals surface area contributed by atoms with Gasteiger partial charge in [-0.05, 0) is 32.0 Å². The lowest BCUT2D eigenvalue weighted by Crippen LogP contribution is -2.39. The predicted molar refractivity (Wildman–Crippen MR) is 71.2 cm³/mol. The van der Waals surface area contributed by atoms with Gasteiger partial charge in [0.2, 0.25) is 10.0 Å². The maximum Gasteiger partial charge on any atom is 0.251 e. The molecule has 0 saturated carbocycles. The van der Waals surface area contributed by atoms with Gasteiger partial charge in [-0.2, -0.15) is 0 Å². The predicted octanol–water partition coefficient (Wildman–Crippen LogP) is 0.628. The van der Waals surface area contributed by atoms with Crippen LogP contribution in [0.15, 0.2) is 23.1 Å². The number of rotatable bonds is 5. The van der Waals surface area contributed by atoms with E-state index in [0.717, 1.165) is 12.1 Å². The molecule has 0 aromatic heterocycles. The normalized spacial score (nSPS) is 12.2. The van der Waals surface area contributed by atoms with Crippen LogP contribution in [0, 0.1) is 5.82 Å². The van der Waals surface area contributed by atoms with Crippen LogP contribution in [-0.2, 0) is 14.8 Å². The molecule has 0 heterocycles. The first-order valence-corrected chi connectivity index (χ1v) is 7.27. The van der Waals surface area contributed by atoms with Crippen LogP contribution in [0.3, 0.4) is 0 Å². The van der Waals surface area contributed by atoms with Gasteiger partial charge >= 0.3 is 0 Å². The number of benzene rings is 1. The maximum absolute atomic E-state index is 13.3. The Hall–Kier alpha value is -1.51. The molecule has 0 radical (unpaired) electrons. The smallest absolute Gasteiger partial charge is 0.251 e. The Morgan fingerprint density at radius 2 is 2.05 bits per heavy atom. The van der Waals surface area contributed by atoms with E-state index in [-0.39, 0.29) is 12.1 Å². The van der Waals surface area contributed by atoms with Crippen molar-refractivity contribution in [3.8, 4) is 0 Å². The van der Waals surface area contributed by atoms with Gasteiger partial charge in [0.15, 0.2) is 0 Å². The van der Waals surface area contributed by atoms with Crippen LogP contribution in [0.1, 0.15) is 24.2 Å². The van der Waals surface area contributed by atoms with Gasteiger partial charge in [-0.3, -0.25) is 4.79 Å². The van der Waals surface area contributed by atoms with Gasteiger partial charge in [-0.15, -0.1) is 0 Å².